The van der Waals surface area contributed by atoms with Gasteiger partial charge in [-0.15, -0.1) is 11.3 Å². The first-order valence-corrected chi connectivity index (χ1v) is 13.5. The van der Waals surface area contributed by atoms with Crippen LogP contribution in [0, 0.1) is 0 Å². The molecule has 8 aromatic rings. The van der Waals surface area contributed by atoms with Gasteiger partial charge in [-0.1, -0.05) is 42.5 Å². The molecule has 0 fully saturated rings. The van der Waals surface area contributed by atoms with E-state index in [-0.39, 0.29) is 0 Å². The Morgan fingerprint density at radius 1 is 0.737 bits per heavy atom. The number of fused-ring (bicyclic) bond motifs is 1. The molecule has 0 saturated heterocycles. The topological polar surface area (TPSA) is 29.9 Å². The van der Waals surface area contributed by atoms with Crippen LogP contribution in [-0.2, 0) is 0 Å². The van der Waals surface area contributed by atoms with Crippen LogP contribution in [0.1, 0.15) is 11.1 Å². The van der Waals surface area contributed by atoms with E-state index in [9.17, 15) is 0 Å². The van der Waals surface area contributed by atoms with Crippen molar-refractivity contribution in [3.05, 3.63) is 121 Å². The van der Waals surface area contributed by atoms with Gasteiger partial charge in [0.05, 0.1) is 33.9 Å². The minimum Gasteiger partial charge on any atom is -0.464 e. The Kier molecular flexibility index (Phi) is 3.93. The summed E-state index contributed by atoms with van der Waals surface area (Å²) in [5.41, 5.74) is 8.00. The van der Waals surface area contributed by atoms with Gasteiger partial charge in [0, 0.05) is 38.0 Å². The van der Waals surface area contributed by atoms with Crippen LogP contribution in [0.2, 0.25) is 0 Å². The molecule has 0 spiro atoms. The molecule has 4 aromatic carbocycles. The summed E-state index contributed by atoms with van der Waals surface area (Å²) >= 11 is 1.88. The first-order valence-electron chi connectivity index (χ1n) is 12.7. The summed E-state index contributed by atoms with van der Waals surface area (Å²) in [4.78, 5) is 4.65. The summed E-state index contributed by atoms with van der Waals surface area (Å²) in [7, 11) is 0. The Labute approximate surface area is 221 Å². The van der Waals surface area contributed by atoms with Crippen molar-refractivity contribution in [1.29, 1.82) is 0 Å². The van der Waals surface area contributed by atoms with Crippen LogP contribution >= 0.6 is 11.3 Å². The minimum atomic E-state index is 0.870. The monoisotopic (exact) mass is 503 g/mol. The molecule has 0 saturated carbocycles. The van der Waals surface area contributed by atoms with Gasteiger partial charge < -0.3 is 4.42 Å². The highest BCUT2D eigenvalue weighted by atomic mass is 32.1. The molecule has 0 N–H and O–H groups in total. The lowest BCUT2D eigenvalue weighted by Crippen LogP contribution is -2.30. The normalized spacial score (nSPS) is 13.8. The highest BCUT2D eigenvalue weighted by Gasteiger charge is 2.35. The smallest absolute Gasteiger partial charge is 0.227 e. The summed E-state index contributed by atoms with van der Waals surface area (Å²) in [6.07, 6.45) is 8.15. The summed E-state index contributed by atoms with van der Waals surface area (Å²) in [6, 6.07) is 32.2. The SMILES string of the molecule is C(=C1\c2ccc3sc4cccc5c6cc(-c7ccco7)c[n+]1c6c2c3c45)/c1ccccc1-c1ccccn1. The number of hydrogen-bond donors (Lipinski definition) is 0. The Hall–Kier alpha value is -4.80. The second kappa shape index (κ2) is 7.37. The molecule has 9 rings (SSSR count). The fourth-order valence-corrected chi connectivity index (χ4v) is 7.36. The van der Waals surface area contributed by atoms with E-state index in [1.165, 1.54) is 53.1 Å². The van der Waals surface area contributed by atoms with Crippen molar-refractivity contribution in [1.82, 2.24) is 4.98 Å². The zero-order valence-electron chi connectivity index (χ0n) is 20.2. The molecule has 1 aliphatic rings. The maximum absolute atomic E-state index is 5.88. The zero-order valence-corrected chi connectivity index (χ0v) is 21.0. The van der Waals surface area contributed by atoms with Crippen molar-refractivity contribution in [3.63, 3.8) is 0 Å². The van der Waals surface area contributed by atoms with Gasteiger partial charge in [-0.25, -0.2) is 0 Å². The van der Waals surface area contributed by atoms with E-state index in [1.807, 2.05) is 41.8 Å². The number of hydrogen-bond acceptors (Lipinski definition) is 3. The molecule has 0 amide bonds. The maximum Gasteiger partial charge on any atom is 0.227 e. The number of benzene rings is 4. The van der Waals surface area contributed by atoms with Gasteiger partial charge in [0.1, 0.15) is 5.76 Å². The predicted octanol–water partition coefficient (Wildman–Crippen LogP) is 8.77. The van der Waals surface area contributed by atoms with E-state index in [0.29, 0.717) is 0 Å². The minimum absolute atomic E-state index is 0.870. The Bertz CT molecular complexity index is 2220. The second-order valence-electron chi connectivity index (χ2n) is 9.81. The third-order valence-electron chi connectivity index (χ3n) is 7.79. The van der Waals surface area contributed by atoms with Crippen LogP contribution < -0.4 is 4.57 Å². The number of furan rings is 1. The van der Waals surface area contributed by atoms with Crippen LogP contribution in [-0.4, -0.2) is 4.98 Å². The van der Waals surface area contributed by atoms with E-state index in [0.717, 1.165) is 28.1 Å². The number of aromatic nitrogens is 2. The fourth-order valence-electron chi connectivity index (χ4n) is 6.22. The average molecular weight is 504 g/mol. The summed E-state index contributed by atoms with van der Waals surface area (Å²) in [5.74, 6) is 0.870. The van der Waals surface area contributed by atoms with Crippen LogP contribution in [0.15, 0.2) is 114 Å². The van der Waals surface area contributed by atoms with E-state index < -0.39 is 0 Å². The highest BCUT2D eigenvalue weighted by Crippen LogP contribution is 2.49. The number of rotatable bonds is 3. The van der Waals surface area contributed by atoms with Gasteiger partial charge in [0.2, 0.25) is 11.2 Å². The molecule has 0 unspecified atom stereocenters. The first-order chi connectivity index (χ1) is 18.8. The Morgan fingerprint density at radius 3 is 2.55 bits per heavy atom. The van der Waals surface area contributed by atoms with E-state index in [2.05, 4.69) is 88.6 Å². The van der Waals surface area contributed by atoms with Crippen molar-refractivity contribution in [2.45, 2.75) is 0 Å². The van der Waals surface area contributed by atoms with Crippen molar-refractivity contribution >= 4 is 65.0 Å². The maximum atomic E-state index is 5.88. The third-order valence-corrected chi connectivity index (χ3v) is 8.91. The molecule has 3 nitrogen and oxygen atoms in total. The van der Waals surface area contributed by atoms with Gasteiger partial charge in [0.15, 0.2) is 6.20 Å². The largest absolute Gasteiger partial charge is 0.464 e. The quantitative estimate of drug-likeness (QED) is 0.178. The predicted molar refractivity (Wildman–Crippen MR) is 156 cm³/mol. The standard InChI is InChI=1S/C34H19N2OS/c1-2-8-22(26-10-3-4-15-35-26)20(7-1)18-27-24-13-14-30-33-31-23(9-5-12-29(31)38-30)25-17-21(28-11-6-16-37-28)19-36(27)34(25)32(24)33/h1-19H/q+1/b27-18-. The molecule has 0 aliphatic carbocycles. The molecule has 0 radical (unpaired) electrons. The molecule has 4 aromatic heterocycles. The van der Waals surface area contributed by atoms with Crippen molar-refractivity contribution in [2.24, 2.45) is 0 Å². The molecular formula is C34H19N2OS+. The van der Waals surface area contributed by atoms with E-state index in [1.54, 1.807) is 6.26 Å². The molecule has 0 bridgehead atoms. The van der Waals surface area contributed by atoms with Crippen LogP contribution in [0.5, 0.6) is 0 Å². The molecule has 0 atom stereocenters. The van der Waals surface area contributed by atoms with Crippen molar-refractivity contribution in [2.75, 3.05) is 0 Å². The lowest BCUT2D eigenvalue weighted by Gasteiger charge is -2.07. The summed E-state index contributed by atoms with van der Waals surface area (Å²) in [6.45, 7) is 0. The zero-order chi connectivity index (χ0) is 24.8. The lowest BCUT2D eigenvalue weighted by atomic mass is 9.94. The molecule has 4 heteroatoms. The van der Waals surface area contributed by atoms with E-state index >= 15 is 0 Å². The number of thiophene rings is 1. The fraction of sp³-hybridized carbons (Fsp3) is 0. The highest BCUT2D eigenvalue weighted by molar-refractivity contribution is 7.26. The Morgan fingerprint density at radius 2 is 1.66 bits per heavy atom. The summed E-state index contributed by atoms with van der Waals surface area (Å²) < 4.78 is 10.9. The van der Waals surface area contributed by atoms with Crippen molar-refractivity contribution < 1.29 is 8.98 Å². The number of nitrogens with zero attached hydrogens (tertiary/aromatic N) is 2. The van der Waals surface area contributed by atoms with Crippen molar-refractivity contribution in [3.8, 4) is 22.6 Å². The Balaban J connectivity index is 1.44. The molecular weight excluding hydrogens is 484 g/mol. The molecule has 1 aliphatic heterocycles. The van der Waals surface area contributed by atoms with Crippen LogP contribution in [0.3, 0.4) is 0 Å². The second-order valence-corrected chi connectivity index (χ2v) is 10.9. The van der Waals surface area contributed by atoms with E-state index in [4.69, 9.17) is 4.42 Å². The average Bonchev–Trinajstić information content (AvgIpc) is 3.70. The van der Waals surface area contributed by atoms with Gasteiger partial charge in [0.25, 0.3) is 0 Å². The number of pyridine rings is 2. The summed E-state index contributed by atoms with van der Waals surface area (Å²) in [5, 5.41) is 6.65. The molecule has 5 heterocycles. The first kappa shape index (κ1) is 20.3. The van der Waals surface area contributed by atoms with Gasteiger partial charge >= 0.3 is 0 Å². The van der Waals surface area contributed by atoms with Crippen LogP contribution in [0.4, 0.5) is 0 Å². The van der Waals surface area contributed by atoms with Gasteiger partial charge in [-0.2, -0.15) is 4.57 Å². The molecule has 38 heavy (non-hydrogen) atoms. The van der Waals surface area contributed by atoms with Crippen LogP contribution in [0.25, 0.3) is 76.2 Å². The lowest BCUT2D eigenvalue weighted by molar-refractivity contribution is -0.544. The molecule has 176 valence electrons. The van der Waals surface area contributed by atoms with Gasteiger partial charge in [-0.05, 0) is 59.5 Å². The third kappa shape index (κ3) is 2.62. The van der Waals surface area contributed by atoms with Gasteiger partial charge in [-0.3, -0.25) is 4.98 Å².